The highest BCUT2D eigenvalue weighted by Gasteiger charge is 2.49. The lowest BCUT2D eigenvalue weighted by Gasteiger charge is -2.34. The lowest BCUT2D eigenvalue weighted by molar-refractivity contribution is 0.107. The molecule has 1 aliphatic carbocycles. The monoisotopic (exact) mass is 542 g/mol. The second kappa shape index (κ2) is 8.14. The summed E-state index contributed by atoms with van der Waals surface area (Å²) < 4.78 is 35.6. The normalized spacial score (nSPS) is 33.8. The number of rotatable bonds is 4. The first kappa shape index (κ1) is 22.2. The summed E-state index contributed by atoms with van der Waals surface area (Å²) in [5.74, 6) is 0.550. The fourth-order valence-electron chi connectivity index (χ4n) is 6.49. The van der Waals surface area contributed by atoms with Crippen LogP contribution in [-0.2, 0) is 0 Å². The number of ether oxygens (including phenoxy) is 1. The topological polar surface area (TPSA) is 61.7 Å². The minimum absolute atomic E-state index is 0.0904. The second-order valence-corrected chi connectivity index (χ2v) is 11.3. The molecule has 10 heteroatoms. The lowest BCUT2D eigenvalue weighted by Crippen LogP contribution is -2.43. The van der Waals surface area contributed by atoms with Gasteiger partial charge in [0.2, 0.25) is 0 Å². The molecule has 0 unspecified atom stereocenters. The van der Waals surface area contributed by atoms with Gasteiger partial charge < -0.3 is 14.7 Å². The van der Waals surface area contributed by atoms with Gasteiger partial charge in [0.05, 0.1) is 21.1 Å². The Balaban J connectivity index is 1.38. The molecule has 3 aliphatic heterocycles. The van der Waals surface area contributed by atoms with Gasteiger partial charge in [0.15, 0.2) is 5.82 Å². The first-order valence-corrected chi connectivity index (χ1v) is 12.8. The maximum absolute atomic E-state index is 15.2. The molecule has 1 saturated carbocycles. The standard InChI is InChI=1S/C23H26BrClF2N4O2/c24-18-16(25)6-15-20(19(18)27)28-22(33-11-23-2-1-3-31(23)10-14(26)7-23)29-21(15)30-8-12-4-13(9-30)17(32)5-12/h6,12-14,17,32H,1-5,7-11H2/t12-,13-,14-,17-,23+/m1/s1. The average Bonchev–Trinajstić information content (AvgIpc) is 3.39. The minimum atomic E-state index is -0.854. The van der Waals surface area contributed by atoms with Crippen molar-refractivity contribution in [3.8, 4) is 6.01 Å². The SMILES string of the molecule is O[C@@H]1C[C@H]2C[C@@H]1CN(c1nc(OC[C@@]34CCCN3C[C@H](F)C4)nc3c(F)c(Br)c(Cl)cc13)C2. The van der Waals surface area contributed by atoms with Gasteiger partial charge in [0.25, 0.3) is 0 Å². The van der Waals surface area contributed by atoms with E-state index in [0.29, 0.717) is 36.6 Å². The number of hydrogen-bond acceptors (Lipinski definition) is 6. The Bertz CT molecular complexity index is 1110. The van der Waals surface area contributed by atoms with Crippen molar-refractivity contribution in [2.24, 2.45) is 11.8 Å². The predicted molar refractivity (Wildman–Crippen MR) is 125 cm³/mol. The van der Waals surface area contributed by atoms with Crippen LogP contribution in [-0.4, -0.2) is 70.6 Å². The number of benzene rings is 1. The fourth-order valence-corrected chi connectivity index (χ4v) is 6.99. The summed E-state index contributed by atoms with van der Waals surface area (Å²) in [7, 11) is 0. The molecule has 33 heavy (non-hydrogen) atoms. The van der Waals surface area contributed by atoms with Gasteiger partial charge in [-0.15, -0.1) is 0 Å². The molecule has 6 rings (SSSR count). The highest BCUT2D eigenvalue weighted by Crippen LogP contribution is 2.43. The summed E-state index contributed by atoms with van der Waals surface area (Å²) in [6.07, 6.45) is 2.92. The van der Waals surface area contributed by atoms with Gasteiger partial charge in [-0.05, 0) is 60.1 Å². The van der Waals surface area contributed by atoms with Crippen LogP contribution in [0.15, 0.2) is 10.5 Å². The molecular weight excluding hydrogens is 518 g/mol. The number of alkyl halides is 1. The Labute approximate surface area is 204 Å². The van der Waals surface area contributed by atoms with E-state index < -0.39 is 12.0 Å². The minimum Gasteiger partial charge on any atom is -0.461 e. The van der Waals surface area contributed by atoms with Gasteiger partial charge >= 0.3 is 6.01 Å². The molecule has 1 aromatic heterocycles. The van der Waals surface area contributed by atoms with Gasteiger partial charge in [-0.1, -0.05) is 11.6 Å². The van der Waals surface area contributed by atoms with Crippen LogP contribution in [0.2, 0.25) is 5.02 Å². The smallest absolute Gasteiger partial charge is 0.319 e. The Morgan fingerprint density at radius 1 is 1.27 bits per heavy atom. The van der Waals surface area contributed by atoms with Crippen molar-refractivity contribution >= 4 is 44.3 Å². The average molecular weight is 544 g/mol. The van der Waals surface area contributed by atoms with E-state index in [0.717, 1.165) is 38.8 Å². The third-order valence-electron chi connectivity index (χ3n) is 8.01. The first-order valence-electron chi connectivity index (χ1n) is 11.6. The molecular formula is C23H26BrClF2N4O2. The zero-order valence-corrected chi connectivity index (χ0v) is 20.5. The van der Waals surface area contributed by atoms with Crippen molar-refractivity contribution in [2.45, 2.75) is 49.9 Å². The number of hydrogen-bond donors (Lipinski definition) is 1. The van der Waals surface area contributed by atoms with Crippen LogP contribution < -0.4 is 9.64 Å². The van der Waals surface area contributed by atoms with Gasteiger partial charge in [0, 0.05) is 37.4 Å². The van der Waals surface area contributed by atoms with Crippen LogP contribution >= 0.6 is 27.5 Å². The maximum Gasteiger partial charge on any atom is 0.319 e. The quantitative estimate of drug-likeness (QED) is 0.579. The number of nitrogens with zero attached hydrogens (tertiary/aromatic N) is 4. The number of fused-ring (bicyclic) bond motifs is 4. The largest absolute Gasteiger partial charge is 0.461 e. The maximum atomic E-state index is 15.2. The van der Waals surface area contributed by atoms with Crippen LogP contribution in [0.4, 0.5) is 14.6 Å². The molecule has 2 aromatic rings. The summed E-state index contributed by atoms with van der Waals surface area (Å²) in [4.78, 5) is 13.4. The highest BCUT2D eigenvalue weighted by molar-refractivity contribution is 9.10. The molecule has 1 N–H and O–H groups in total. The second-order valence-electron chi connectivity index (χ2n) is 10.1. The summed E-state index contributed by atoms with van der Waals surface area (Å²) in [5, 5.41) is 11.1. The van der Waals surface area contributed by atoms with Crippen molar-refractivity contribution in [2.75, 3.05) is 37.7 Å². The number of piperidine rings is 1. The van der Waals surface area contributed by atoms with E-state index in [-0.39, 0.29) is 45.2 Å². The molecule has 0 radical (unpaired) electrons. The molecule has 4 fully saturated rings. The third-order valence-corrected chi connectivity index (χ3v) is 9.31. The van der Waals surface area contributed by atoms with Gasteiger partial charge in [0.1, 0.15) is 24.1 Å². The Hall–Kier alpha value is -1.29. The zero-order valence-electron chi connectivity index (χ0n) is 18.1. The number of anilines is 1. The molecule has 4 heterocycles. The summed E-state index contributed by atoms with van der Waals surface area (Å²) in [6, 6.07) is 1.77. The molecule has 5 atom stereocenters. The van der Waals surface area contributed by atoms with E-state index in [1.807, 2.05) is 0 Å². The molecule has 178 valence electrons. The van der Waals surface area contributed by atoms with E-state index in [4.69, 9.17) is 21.3 Å². The van der Waals surface area contributed by atoms with Gasteiger partial charge in [-0.2, -0.15) is 9.97 Å². The highest BCUT2D eigenvalue weighted by atomic mass is 79.9. The number of halogens is 4. The van der Waals surface area contributed by atoms with Crippen LogP contribution in [0.25, 0.3) is 10.9 Å². The lowest BCUT2D eigenvalue weighted by atomic mass is 9.95. The van der Waals surface area contributed by atoms with Gasteiger partial charge in [-0.3, -0.25) is 4.90 Å². The summed E-state index contributed by atoms with van der Waals surface area (Å²) in [5.41, 5.74) is -0.203. The van der Waals surface area contributed by atoms with Crippen molar-refractivity contribution in [3.63, 3.8) is 0 Å². The summed E-state index contributed by atoms with van der Waals surface area (Å²) in [6.45, 7) is 2.95. The Kier molecular flexibility index (Phi) is 5.47. The Morgan fingerprint density at radius 2 is 2.12 bits per heavy atom. The van der Waals surface area contributed by atoms with Crippen molar-refractivity contribution < 1.29 is 18.6 Å². The Morgan fingerprint density at radius 3 is 2.94 bits per heavy atom. The number of aliphatic hydroxyl groups excluding tert-OH is 1. The first-order chi connectivity index (χ1) is 15.8. The molecule has 3 saturated heterocycles. The molecule has 2 bridgehead atoms. The molecule has 1 aromatic carbocycles. The summed E-state index contributed by atoms with van der Waals surface area (Å²) >= 11 is 9.50. The van der Waals surface area contributed by atoms with Crippen molar-refractivity contribution in [1.82, 2.24) is 14.9 Å². The zero-order chi connectivity index (χ0) is 22.9. The van der Waals surface area contributed by atoms with Crippen molar-refractivity contribution in [3.05, 3.63) is 21.4 Å². The van der Waals surface area contributed by atoms with Crippen LogP contribution in [0, 0.1) is 17.7 Å². The van der Waals surface area contributed by atoms with E-state index in [1.165, 1.54) is 0 Å². The van der Waals surface area contributed by atoms with Crippen LogP contribution in [0.5, 0.6) is 6.01 Å². The van der Waals surface area contributed by atoms with Crippen LogP contribution in [0.1, 0.15) is 32.1 Å². The molecule has 6 nitrogen and oxygen atoms in total. The van der Waals surface area contributed by atoms with E-state index in [2.05, 4.69) is 30.7 Å². The molecule has 0 amide bonds. The van der Waals surface area contributed by atoms with E-state index in [9.17, 15) is 9.50 Å². The third kappa shape index (κ3) is 3.70. The van der Waals surface area contributed by atoms with E-state index in [1.54, 1.807) is 6.07 Å². The van der Waals surface area contributed by atoms with Crippen molar-refractivity contribution in [1.29, 1.82) is 0 Å². The van der Waals surface area contributed by atoms with Gasteiger partial charge in [-0.25, -0.2) is 8.78 Å². The number of aromatic nitrogens is 2. The fraction of sp³-hybridized carbons (Fsp3) is 0.652. The van der Waals surface area contributed by atoms with Crippen LogP contribution in [0.3, 0.4) is 0 Å². The number of aliphatic hydroxyl groups is 1. The molecule has 0 spiro atoms. The molecule has 4 aliphatic rings. The predicted octanol–water partition coefficient (Wildman–Crippen LogP) is 4.35. The van der Waals surface area contributed by atoms with E-state index >= 15 is 4.39 Å².